The Labute approximate surface area is 184 Å². The zero-order valence-corrected chi connectivity index (χ0v) is 18.2. The van der Waals surface area contributed by atoms with Crippen LogP contribution in [0.2, 0.25) is 5.02 Å². The maximum atomic E-state index is 14.7. The fourth-order valence-corrected chi connectivity index (χ4v) is 4.25. The van der Waals surface area contributed by atoms with Crippen LogP contribution >= 0.6 is 22.9 Å². The molecule has 0 unspecified atom stereocenters. The first kappa shape index (κ1) is 21.0. The molecule has 2 aromatic carbocycles. The molecule has 0 aliphatic rings. The highest BCUT2D eigenvalue weighted by Crippen LogP contribution is 2.40. The van der Waals surface area contributed by atoms with Crippen molar-refractivity contribution in [2.24, 2.45) is 0 Å². The Hall–Kier alpha value is -3.24. The van der Waals surface area contributed by atoms with Gasteiger partial charge in [0.15, 0.2) is 11.6 Å². The number of halogens is 2. The van der Waals surface area contributed by atoms with Gasteiger partial charge in [0.25, 0.3) is 0 Å². The lowest BCUT2D eigenvalue weighted by Crippen LogP contribution is -2.28. The lowest BCUT2D eigenvalue weighted by molar-refractivity contribution is 0.102. The molecule has 4 aromatic rings. The Kier molecular flexibility index (Phi) is 5.75. The molecule has 160 valence electrons. The Bertz CT molecular complexity index is 1310. The first-order chi connectivity index (χ1) is 14.9. The van der Waals surface area contributed by atoms with E-state index in [9.17, 15) is 9.18 Å². The van der Waals surface area contributed by atoms with Gasteiger partial charge in [0.2, 0.25) is 5.88 Å². The predicted molar refractivity (Wildman–Crippen MR) is 115 cm³/mol. The number of nitrogens with zero attached hydrogens (tertiary/aromatic N) is 3. The van der Waals surface area contributed by atoms with E-state index in [2.05, 4.69) is 19.7 Å². The summed E-state index contributed by atoms with van der Waals surface area (Å²) in [4.78, 5) is 29.9. The second kappa shape index (κ2) is 8.48. The zero-order chi connectivity index (χ0) is 22.1. The van der Waals surface area contributed by atoms with Crippen LogP contribution in [0.3, 0.4) is 0 Å². The molecule has 0 fully saturated rings. The lowest BCUT2D eigenvalue weighted by Gasteiger charge is -2.08. The van der Waals surface area contributed by atoms with E-state index in [-0.39, 0.29) is 22.9 Å². The van der Waals surface area contributed by atoms with E-state index in [1.54, 1.807) is 6.92 Å². The molecule has 11 heteroatoms. The normalized spacial score (nSPS) is 11.0. The van der Waals surface area contributed by atoms with Crippen molar-refractivity contribution in [2.75, 3.05) is 13.7 Å². The number of carbonyl (C=O) groups is 1. The number of aromatic nitrogens is 3. The molecule has 1 N–H and O–H groups in total. The van der Waals surface area contributed by atoms with E-state index in [0.29, 0.717) is 26.6 Å². The van der Waals surface area contributed by atoms with Crippen molar-refractivity contribution in [1.82, 2.24) is 20.4 Å². The van der Waals surface area contributed by atoms with Gasteiger partial charge >= 0.3 is 6.09 Å². The van der Waals surface area contributed by atoms with Crippen LogP contribution in [0.15, 0.2) is 24.4 Å². The Morgan fingerprint density at radius 3 is 2.81 bits per heavy atom. The molecule has 2 aromatic heterocycles. The minimum Gasteiger partial charge on any atom is -0.480 e. The summed E-state index contributed by atoms with van der Waals surface area (Å²) >= 11 is 7.48. The Morgan fingerprint density at radius 2 is 2.06 bits per heavy atom. The average Bonchev–Trinajstić information content (AvgIpc) is 3.18. The van der Waals surface area contributed by atoms with Gasteiger partial charge in [-0.15, -0.1) is 11.3 Å². The van der Waals surface area contributed by atoms with Gasteiger partial charge in [0.1, 0.15) is 15.5 Å². The van der Waals surface area contributed by atoms with Gasteiger partial charge in [-0.05, 0) is 31.5 Å². The van der Waals surface area contributed by atoms with Gasteiger partial charge in [0.05, 0.1) is 35.6 Å². The van der Waals surface area contributed by atoms with Gasteiger partial charge in [0, 0.05) is 11.6 Å². The third-order valence-electron chi connectivity index (χ3n) is 4.26. The summed E-state index contributed by atoms with van der Waals surface area (Å²) < 4.78 is 25.1. The first-order valence-electron chi connectivity index (χ1n) is 9.11. The van der Waals surface area contributed by atoms with E-state index >= 15 is 0 Å². The summed E-state index contributed by atoms with van der Waals surface area (Å²) in [6.45, 7) is 3.71. The molecule has 0 spiro atoms. The predicted octanol–water partition coefficient (Wildman–Crippen LogP) is 5.06. The first-order valence-corrected chi connectivity index (χ1v) is 10.3. The summed E-state index contributed by atoms with van der Waals surface area (Å²) in [6, 6.07) is 5.23. The molecule has 8 nitrogen and oxygen atoms in total. The van der Waals surface area contributed by atoms with E-state index in [0.717, 1.165) is 11.1 Å². The van der Waals surface area contributed by atoms with Crippen LogP contribution in [0, 0.1) is 12.7 Å². The largest absolute Gasteiger partial charge is 0.480 e. The van der Waals surface area contributed by atoms with Crippen molar-refractivity contribution in [3.8, 4) is 22.2 Å². The number of hydrogen-bond acceptors (Lipinski definition) is 8. The molecular weight excluding hydrogens is 447 g/mol. The van der Waals surface area contributed by atoms with Crippen LogP contribution in [-0.4, -0.2) is 34.8 Å². The summed E-state index contributed by atoms with van der Waals surface area (Å²) in [7, 11) is 1.52. The standard InChI is InChI=1S/C20H16ClFN4O4S/c1-4-29-20(27)26-30-12-7-13-18(15(21)16(12)22)25-19(31-13)10-5-9(2)6-11-17(10)23-8-14(24-11)28-3/h5-8H,4H2,1-3H3,(H,26,27). The molecule has 0 radical (unpaired) electrons. The fraction of sp³-hybridized carbons (Fsp3) is 0.200. The van der Waals surface area contributed by atoms with Crippen LogP contribution in [0.4, 0.5) is 9.18 Å². The number of rotatable bonds is 5. The van der Waals surface area contributed by atoms with Crippen LogP contribution in [-0.2, 0) is 4.74 Å². The quantitative estimate of drug-likeness (QED) is 0.414. The number of nitrogens with one attached hydrogen (secondary N) is 1. The topological polar surface area (TPSA) is 95.5 Å². The minimum atomic E-state index is -0.846. The molecule has 0 saturated heterocycles. The van der Waals surface area contributed by atoms with E-state index < -0.39 is 11.9 Å². The number of hydrogen-bond donors (Lipinski definition) is 1. The fourth-order valence-electron chi connectivity index (χ4n) is 2.94. The van der Waals surface area contributed by atoms with Gasteiger partial charge in [-0.2, -0.15) is 5.48 Å². The molecule has 0 aliphatic heterocycles. The number of amides is 1. The Morgan fingerprint density at radius 1 is 1.26 bits per heavy atom. The highest BCUT2D eigenvalue weighted by molar-refractivity contribution is 7.21. The molecule has 0 atom stereocenters. The number of carbonyl (C=O) groups excluding carboxylic acids is 1. The van der Waals surface area contributed by atoms with Crippen LogP contribution in [0.5, 0.6) is 11.6 Å². The molecule has 0 aliphatic carbocycles. The average molecular weight is 463 g/mol. The highest BCUT2D eigenvalue weighted by atomic mass is 35.5. The van der Waals surface area contributed by atoms with Crippen molar-refractivity contribution >= 4 is 50.3 Å². The van der Waals surface area contributed by atoms with Gasteiger partial charge in [-0.1, -0.05) is 11.6 Å². The van der Waals surface area contributed by atoms with Crippen molar-refractivity contribution in [3.63, 3.8) is 0 Å². The number of thiazole rings is 1. The SMILES string of the molecule is CCOC(=O)NOc1cc2sc(-c3cc(C)cc4nc(OC)cnc34)nc2c(Cl)c1F. The van der Waals surface area contributed by atoms with Crippen LogP contribution in [0.1, 0.15) is 12.5 Å². The second-order valence-corrected chi connectivity index (χ2v) is 7.79. The summed E-state index contributed by atoms with van der Waals surface area (Å²) in [5.74, 6) is -0.699. The number of benzene rings is 2. The molecule has 2 heterocycles. The van der Waals surface area contributed by atoms with E-state index in [4.69, 9.17) is 21.2 Å². The second-order valence-electron chi connectivity index (χ2n) is 6.39. The van der Waals surface area contributed by atoms with E-state index in [1.165, 1.54) is 30.7 Å². The monoisotopic (exact) mass is 462 g/mol. The van der Waals surface area contributed by atoms with Gasteiger partial charge in [-0.25, -0.2) is 24.1 Å². The third kappa shape index (κ3) is 4.04. The molecular formula is C20H16ClFN4O4S. The van der Waals surface area contributed by atoms with E-state index in [1.807, 2.05) is 24.5 Å². The number of hydroxylamine groups is 1. The molecule has 31 heavy (non-hydrogen) atoms. The molecule has 4 rings (SSSR count). The molecule has 1 amide bonds. The van der Waals surface area contributed by atoms with Crippen molar-refractivity contribution in [2.45, 2.75) is 13.8 Å². The van der Waals surface area contributed by atoms with Crippen molar-refractivity contribution in [1.29, 1.82) is 0 Å². The number of fused-ring (bicyclic) bond motifs is 2. The molecule has 0 saturated carbocycles. The maximum Gasteiger partial charge on any atom is 0.440 e. The Balaban J connectivity index is 1.79. The summed E-state index contributed by atoms with van der Waals surface area (Å²) in [5.41, 5.74) is 5.24. The van der Waals surface area contributed by atoms with Crippen molar-refractivity contribution in [3.05, 3.63) is 40.8 Å². The lowest BCUT2D eigenvalue weighted by atomic mass is 10.1. The smallest absolute Gasteiger partial charge is 0.440 e. The van der Waals surface area contributed by atoms with Crippen LogP contribution in [0.25, 0.3) is 31.8 Å². The number of methoxy groups -OCH3 is 1. The van der Waals surface area contributed by atoms with Gasteiger partial charge in [-0.3, -0.25) is 0 Å². The molecule has 0 bridgehead atoms. The summed E-state index contributed by atoms with van der Waals surface area (Å²) in [5, 5.41) is 0.366. The highest BCUT2D eigenvalue weighted by Gasteiger charge is 2.20. The minimum absolute atomic E-state index is 0.148. The van der Waals surface area contributed by atoms with Crippen molar-refractivity contribution < 1.29 is 23.5 Å². The third-order valence-corrected chi connectivity index (χ3v) is 5.64. The summed E-state index contributed by atoms with van der Waals surface area (Å²) in [6.07, 6.45) is 0.678. The maximum absolute atomic E-state index is 14.7. The van der Waals surface area contributed by atoms with Crippen LogP contribution < -0.4 is 15.1 Å². The number of aryl methyl sites for hydroxylation is 1. The zero-order valence-electron chi connectivity index (χ0n) is 16.7. The van der Waals surface area contributed by atoms with Gasteiger partial charge < -0.3 is 14.3 Å². The number of ether oxygens (including phenoxy) is 2.